The minimum absolute atomic E-state index is 0.113. The summed E-state index contributed by atoms with van der Waals surface area (Å²) in [6.07, 6.45) is 4.70. The summed E-state index contributed by atoms with van der Waals surface area (Å²) in [7, 11) is -1.86. The van der Waals surface area contributed by atoms with Crippen LogP contribution in [0.4, 0.5) is 0 Å². The summed E-state index contributed by atoms with van der Waals surface area (Å²) >= 11 is 0. The largest absolute Gasteiger partial charge is 0.497 e. The van der Waals surface area contributed by atoms with Gasteiger partial charge in [-0.2, -0.15) is 4.31 Å². The average Bonchev–Trinajstić information content (AvgIpc) is 3.20. The number of sulfonamides is 1. The molecular weight excluding hydrogens is 414 g/mol. The van der Waals surface area contributed by atoms with Gasteiger partial charge in [-0.05, 0) is 54.8 Å². The van der Waals surface area contributed by atoms with E-state index < -0.39 is 10.0 Å². The number of ether oxygens (including phenoxy) is 1. The van der Waals surface area contributed by atoms with Gasteiger partial charge in [-0.15, -0.1) is 0 Å². The maximum atomic E-state index is 12.9. The van der Waals surface area contributed by atoms with Crippen molar-refractivity contribution in [2.45, 2.75) is 37.2 Å². The third kappa shape index (κ3) is 4.75. The lowest BCUT2D eigenvalue weighted by Crippen LogP contribution is -2.35. The van der Waals surface area contributed by atoms with Crippen LogP contribution in [-0.2, 0) is 27.9 Å². The molecule has 1 aliphatic rings. The third-order valence-corrected chi connectivity index (χ3v) is 7.55. The number of hydrogen-bond acceptors (Lipinski definition) is 4. The van der Waals surface area contributed by atoms with E-state index in [0.29, 0.717) is 24.5 Å². The number of fused-ring (bicyclic) bond motifs is 1. The number of nitrogens with zero attached hydrogens (tertiary/aromatic N) is 2. The molecule has 8 heteroatoms. The smallest absolute Gasteiger partial charge is 0.243 e. The Bertz CT molecular complexity index is 1160. The highest BCUT2D eigenvalue weighted by molar-refractivity contribution is 7.89. The van der Waals surface area contributed by atoms with Crippen molar-refractivity contribution in [2.75, 3.05) is 20.2 Å². The van der Waals surface area contributed by atoms with Crippen LogP contribution in [-0.4, -0.2) is 43.4 Å². The second-order valence-electron chi connectivity index (χ2n) is 7.75. The summed E-state index contributed by atoms with van der Waals surface area (Å²) in [6, 6.07) is 14.5. The minimum atomic E-state index is -3.48. The fraction of sp³-hybridized carbons (Fsp3) is 0.348. The van der Waals surface area contributed by atoms with Crippen LogP contribution < -0.4 is 10.1 Å². The van der Waals surface area contributed by atoms with Gasteiger partial charge in [0.15, 0.2) is 0 Å². The molecular formula is C23H27N3O4S. The van der Waals surface area contributed by atoms with Gasteiger partial charge in [0.1, 0.15) is 12.3 Å². The fourth-order valence-electron chi connectivity index (χ4n) is 3.89. The Labute approximate surface area is 182 Å². The predicted octanol–water partition coefficient (Wildman–Crippen LogP) is 3.14. The SMILES string of the molecule is COc1ccc(CNC(=O)Cn2ccc3cc(S(=O)(=O)N4CCCCC4)ccc32)cc1. The Balaban J connectivity index is 1.43. The van der Waals surface area contributed by atoms with Crippen molar-refractivity contribution in [3.8, 4) is 5.75 Å². The van der Waals surface area contributed by atoms with Crippen molar-refractivity contribution in [1.29, 1.82) is 0 Å². The predicted molar refractivity (Wildman–Crippen MR) is 119 cm³/mol. The number of carbonyl (C=O) groups excluding carboxylic acids is 1. The van der Waals surface area contributed by atoms with Crippen molar-refractivity contribution in [1.82, 2.24) is 14.2 Å². The summed E-state index contributed by atoms with van der Waals surface area (Å²) in [5.74, 6) is 0.661. The molecule has 1 aliphatic heterocycles. The molecule has 1 amide bonds. The molecule has 0 radical (unpaired) electrons. The number of amides is 1. The van der Waals surface area contributed by atoms with Gasteiger partial charge in [0.2, 0.25) is 15.9 Å². The van der Waals surface area contributed by atoms with E-state index in [0.717, 1.165) is 41.5 Å². The third-order valence-electron chi connectivity index (χ3n) is 5.66. The normalized spacial score (nSPS) is 15.1. The molecule has 0 aliphatic carbocycles. The topological polar surface area (TPSA) is 80.6 Å². The van der Waals surface area contributed by atoms with Crippen LogP contribution in [0.15, 0.2) is 59.6 Å². The Kier molecular flexibility index (Phi) is 6.29. The maximum absolute atomic E-state index is 12.9. The van der Waals surface area contributed by atoms with Gasteiger partial charge in [0.25, 0.3) is 0 Å². The summed E-state index contributed by atoms with van der Waals surface area (Å²) in [4.78, 5) is 12.7. The molecule has 1 saturated heterocycles. The number of benzene rings is 2. The Morgan fingerprint density at radius 1 is 1.03 bits per heavy atom. The highest BCUT2D eigenvalue weighted by atomic mass is 32.2. The molecule has 1 N–H and O–H groups in total. The first-order chi connectivity index (χ1) is 15.0. The van der Waals surface area contributed by atoms with Crippen molar-refractivity contribution in [3.05, 3.63) is 60.3 Å². The number of nitrogens with one attached hydrogen (secondary N) is 1. The molecule has 4 rings (SSSR count). The number of rotatable bonds is 7. The van der Waals surface area contributed by atoms with E-state index in [-0.39, 0.29) is 12.5 Å². The van der Waals surface area contributed by atoms with Crippen LogP contribution in [0.1, 0.15) is 24.8 Å². The van der Waals surface area contributed by atoms with Gasteiger partial charge in [0.05, 0.1) is 12.0 Å². The Hall–Kier alpha value is -2.84. The zero-order chi connectivity index (χ0) is 21.8. The van der Waals surface area contributed by atoms with E-state index in [1.54, 1.807) is 29.6 Å². The molecule has 0 unspecified atom stereocenters. The summed E-state index contributed by atoms with van der Waals surface area (Å²) in [6.45, 7) is 1.75. The van der Waals surface area contributed by atoms with Crippen LogP contribution in [0, 0.1) is 0 Å². The van der Waals surface area contributed by atoms with Crippen molar-refractivity contribution < 1.29 is 17.9 Å². The lowest BCUT2D eigenvalue weighted by atomic mass is 10.2. The van der Waals surface area contributed by atoms with E-state index in [9.17, 15) is 13.2 Å². The lowest BCUT2D eigenvalue weighted by Gasteiger charge is -2.25. The second kappa shape index (κ2) is 9.11. The van der Waals surface area contributed by atoms with Crippen LogP contribution in [0.2, 0.25) is 0 Å². The molecule has 164 valence electrons. The molecule has 3 aromatic rings. The molecule has 2 heterocycles. The molecule has 2 aromatic carbocycles. The first kappa shape index (κ1) is 21.4. The number of methoxy groups -OCH3 is 1. The molecule has 0 spiro atoms. The lowest BCUT2D eigenvalue weighted by molar-refractivity contribution is -0.121. The van der Waals surface area contributed by atoms with Gasteiger partial charge in [-0.1, -0.05) is 18.6 Å². The summed E-state index contributed by atoms with van der Waals surface area (Å²) in [5.41, 5.74) is 1.82. The van der Waals surface area contributed by atoms with E-state index in [1.165, 1.54) is 0 Å². The van der Waals surface area contributed by atoms with Gasteiger partial charge in [-0.3, -0.25) is 4.79 Å². The highest BCUT2D eigenvalue weighted by Gasteiger charge is 2.26. The van der Waals surface area contributed by atoms with Crippen molar-refractivity contribution >= 4 is 26.8 Å². The highest BCUT2D eigenvalue weighted by Crippen LogP contribution is 2.25. The van der Waals surface area contributed by atoms with Gasteiger partial charge < -0.3 is 14.6 Å². The fourth-order valence-corrected chi connectivity index (χ4v) is 5.44. The minimum Gasteiger partial charge on any atom is -0.497 e. The molecule has 1 aromatic heterocycles. The van der Waals surface area contributed by atoms with E-state index in [2.05, 4.69) is 5.32 Å². The van der Waals surface area contributed by atoms with Gasteiger partial charge in [0, 0.05) is 36.7 Å². The van der Waals surface area contributed by atoms with Crippen molar-refractivity contribution in [2.24, 2.45) is 0 Å². The van der Waals surface area contributed by atoms with E-state index >= 15 is 0 Å². The molecule has 0 bridgehead atoms. The Morgan fingerprint density at radius 2 is 1.77 bits per heavy atom. The van der Waals surface area contributed by atoms with Crippen LogP contribution in [0.25, 0.3) is 10.9 Å². The zero-order valence-electron chi connectivity index (χ0n) is 17.6. The number of piperidine rings is 1. The molecule has 0 atom stereocenters. The monoisotopic (exact) mass is 441 g/mol. The standard InChI is InChI=1S/C23H27N3O4S/c1-30-20-7-5-18(6-8-20)16-24-23(27)17-25-14-11-19-15-21(9-10-22(19)25)31(28,29)26-12-3-2-4-13-26/h5-11,14-15H,2-4,12-13,16-17H2,1H3,(H,24,27). The molecule has 0 saturated carbocycles. The van der Waals surface area contributed by atoms with Gasteiger partial charge >= 0.3 is 0 Å². The van der Waals surface area contributed by atoms with Crippen LogP contribution in [0.5, 0.6) is 5.75 Å². The number of hydrogen-bond donors (Lipinski definition) is 1. The first-order valence-corrected chi connectivity index (χ1v) is 11.9. The molecule has 7 nitrogen and oxygen atoms in total. The first-order valence-electron chi connectivity index (χ1n) is 10.5. The van der Waals surface area contributed by atoms with Crippen LogP contribution in [0.3, 0.4) is 0 Å². The number of aromatic nitrogens is 1. The quantitative estimate of drug-likeness (QED) is 0.611. The summed E-state index contributed by atoms with van der Waals surface area (Å²) < 4.78 is 34.4. The average molecular weight is 442 g/mol. The Morgan fingerprint density at radius 3 is 2.48 bits per heavy atom. The maximum Gasteiger partial charge on any atom is 0.243 e. The molecule has 31 heavy (non-hydrogen) atoms. The van der Waals surface area contributed by atoms with Crippen molar-refractivity contribution in [3.63, 3.8) is 0 Å². The van der Waals surface area contributed by atoms with Crippen LogP contribution >= 0.6 is 0 Å². The second-order valence-corrected chi connectivity index (χ2v) is 9.69. The number of carbonyl (C=O) groups is 1. The zero-order valence-corrected chi connectivity index (χ0v) is 18.4. The molecule has 1 fully saturated rings. The van der Waals surface area contributed by atoms with E-state index in [4.69, 9.17) is 4.74 Å². The summed E-state index contributed by atoms with van der Waals surface area (Å²) in [5, 5.41) is 3.72. The van der Waals surface area contributed by atoms with E-state index in [1.807, 2.05) is 41.1 Å². The van der Waals surface area contributed by atoms with Gasteiger partial charge in [-0.25, -0.2) is 8.42 Å².